The van der Waals surface area contributed by atoms with E-state index in [1.54, 1.807) is 12.1 Å². The highest BCUT2D eigenvalue weighted by molar-refractivity contribution is 5.61. The molecule has 0 saturated heterocycles. The minimum atomic E-state index is 0.229. The molecule has 0 radical (unpaired) electrons. The van der Waals surface area contributed by atoms with Gasteiger partial charge in [-0.2, -0.15) is 0 Å². The number of rotatable bonds is 4. The lowest BCUT2D eigenvalue weighted by Gasteiger charge is -2.04. The minimum absolute atomic E-state index is 0.229. The van der Waals surface area contributed by atoms with Gasteiger partial charge in [0.1, 0.15) is 5.75 Å². The van der Waals surface area contributed by atoms with Crippen molar-refractivity contribution in [2.24, 2.45) is 0 Å². The molecule has 1 heterocycles. The van der Waals surface area contributed by atoms with Crippen molar-refractivity contribution >= 4 is 0 Å². The zero-order valence-corrected chi connectivity index (χ0v) is 10.8. The van der Waals surface area contributed by atoms with Gasteiger partial charge < -0.3 is 14.8 Å². The zero-order chi connectivity index (χ0) is 13.1. The summed E-state index contributed by atoms with van der Waals surface area (Å²) in [7, 11) is 0. The summed E-state index contributed by atoms with van der Waals surface area (Å²) in [6.45, 7) is 6.47. The second-order valence-electron chi connectivity index (χ2n) is 4.49. The van der Waals surface area contributed by atoms with Crippen LogP contribution in [-0.4, -0.2) is 21.3 Å². The molecule has 96 valence electrons. The monoisotopic (exact) mass is 247 g/mol. The first-order valence-electron chi connectivity index (χ1n) is 5.92. The third-order valence-corrected chi connectivity index (χ3v) is 2.66. The zero-order valence-electron chi connectivity index (χ0n) is 10.8. The Balaban J connectivity index is 2.21. The van der Waals surface area contributed by atoms with E-state index in [2.05, 4.69) is 29.4 Å². The number of aromatic hydroxyl groups is 1. The summed E-state index contributed by atoms with van der Waals surface area (Å²) in [5.41, 5.74) is 1.50. The summed E-state index contributed by atoms with van der Waals surface area (Å²) in [4.78, 5) is 0. The highest BCUT2D eigenvalue weighted by Crippen LogP contribution is 2.27. The van der Waals surface area contributed by atoms with Crippen molar-refractivity contribution < 1.29 is 9.52 Å². The van der Waals surface area contributed by atoms with Crippen LogP contribution in [0.15, 0.2) is 22.6 Å². The van der Waals surface area contributed by atoms with Gasteiger partial charge in [0.2, 0.25) is 11.8 Å². The van der Waals surface area contributed by atoms with Gasteiger partial charge in [-0.15, -0.1) is 10.2 Å². The number of nitrogens with one attached hydrogen (secondary N) is 1. The van der Waals surface area contributed by atoms with E-state index in [-0.39, 0.29) is 5.75 Å². The summed E-state index contributed by atoms with van der Waals surface area (Å²) in [6, 6.07) is 5.61. The number of hydrogen-bond acceptors (Lipinski definition) is 5. The van der Waals surface area contributed by atoms with Gasteiger partial charge >= 0.3 is 0 Å². The second-order valence-corrected chi connectivity index (χ2v) is 4.49. The predicted molar refractivity (Wildman–Crippen MR) is 68.1 cm³/mol. The Hall–Kier alpha value is -1.88. The SMILES string of the molecule is Cc1c(O)cccc1-c1nnc(CNC(C)C)o1. The fraction of sp³-hybridized carbons (Fsp3) is 0.385. The number of benzene rings is 1. The lowest BCUT2D eigenvalue weighted by molar-refractivity contribution is 0.456. The molecular formula is C13H17N3O2. The van der Waals surface area contributed by atoms with Crippen LogP contribution in [0.2, 0.25) is 0 Å². The molecule has 0 amide bonds. The van der Waals surface area contributed by atoms with E-state index in [4.69, 9.17) is 4.42 Å². The van der Waals surface area contributed by atoms with Crippen LogP contribution in [0, 0.1) is 6.92 Å². The van der Waals surface area contributed by atoms with Crippen molar-refractivity contribution in [3.8, 4) is 17.2 Å². The number of phenolic OH excluding ortho intramolecular Hbond substituents is 1. The maximum absolute atomic E-state index is 9.64. The maximum atomic E-state index is 9.64. The molecule has 2 N–H and O–H groups in total. The standard InChI is InChI=1S/C13H17N3O2/c1-8(2)14-7-12-15-16-13(18-12)10-5-4-6-11(17)9(10)3/h4-6,8,14,17H,7H2,1-3H3. The van der Waals surface area contributed by atoms with Gasteiger partial charge in [0.05, 0.1) is 6.54 Å². The van der Waals surface area contributed by atoms with E-state index in [0.29, 0.717) is 24.4 Å². The molecule has 0 aliphatic rings. The summed E-state index contributed by atoms with van der Waals surface area (Å²) in [6.07, 6.45) is 0. The third kappa shape index (κ3) is 2.68. The molecular weight excluding hydrogens is 230 g/mol. The van der Waals surface area contributed by atoms with E-state index in [9.17, 15) is 5.11 Å². The van der Waals surface area contributed by atoms with Crippen LogP contribution < -0.4 is 5.32 Å². The first-order valence-corrected chi connectivity index (χ1v) is 5.92. The molecule has 2 rings (SSSR count). The van der Waals surface area contributed by atoms with Gasteiger partial charge in [-0.1, -0.05) is 19.9 Å². The van der Waals surface area contributed by atoms with Crippen LogP contribution >= 0.6 is 0 Å². The Morgan fingerprint density at radius 1 is 1.33 bits per heavy atom. The normalized spacial score (nSPS) is 11.1. The number of phenols is 1. The topological polar surface area (TPSA) is 71.2 Å². The molecule has 0 aliphatic heterocycles. The Labute approximate surface area is 106 Å². The van der Waals surface area contributed by atoms with Gasteiger partial charge in [-0.3, -0.25) is 0 Å². The van der Waals surface area contributed by atoms with E-state index < -0.39 is 0 Å². The van der Waals surface area contributed by atoms with E-state index in [1.165, 1.54) is 0 Å². The summed E-state index contributed by atoms with van der Waals surface area (Å²) in [5.74, 6) is 1.21. The summed E-state index contributed by atoms with van der Waals surface area (Å²) in [5, 5.41) is 20.8. The van der Waals surface area contributed by atoms with Crippen molar-refractivity contribution in [2.45, 2.75) is 33.4 Å². The second kappa shape index (κ2) is 5.18. The summed E-state index contributed by atoms with van der Waals surface area (Å²) < 4.78 is 5.56. The van der Waals surface area contributed by atoms with Crippen LogP contribution in [0.4, 0.5) is 0 Å². The first-order chi connectivity index (χ1) is 8.58. The molecule has 0 bridgehead atoms. The molecule has 0 atom stereocenters. The molecule has 5 heteroatoms. The smallest absolute Gasteiger partial charge is 0.248 e. The first kappa shape index (κ1) is 12.6. The fourth-order valence-electron chi connectivity index (χ4n) is 1.58. The molecule has 1 aromatic carbocycles. The Bertz CT molecular complexity index is 535. The van der Waals surface area contributed by atoms with Crippen LogP contribution in [0.1, 0.15) is 25.3 Å². The van der Waals surface area contributed by atoms with E-state index in [0.717, 1.165) is 11.1 Å². The van der Waals surface area contributed by atoms with Gasteiger partial charge in [-0.05, 0) is 19.1 Å². The fourth-order valence-corrected chi connectivity index (χ4v) is 1.58. The van der Waals surface area contributed by atoms with Crippen molar-refractivity contribution in [1.29, 1.82) is 0 Å². The quantitative estimate of drug-likeness (QED) is 0.867. The molecule has 0 unspecified atom stereocenters. The predicted octanol–water partition coefficient (Wildman–Crippen LogP) is 2.25. The van der Waals surface area contributed by atoms with Crippen molar-refractivity contribution in [3.63, 3.8) is 0 Å². The molecule has 0 spiro atoms. The van der Waals surface area contributed by atoms with Crippen LogP contribution in [-0.2, 0) is 6.54 Å². The molecule has 18 heavy (non-hydrogen) atoms. The Kier molecular flexibility index (Phi) is 3.62. The minimum Gasteiger partial charge on any atom is -0.508 e. The third-order valence-electron chi connectivity index (χ3n) is 2.66. The average molecular weight is 247 g/mol. The maximum Gasteiger partial charge on any atom is 0.248 e. The Morgan fingerprint density at radius 2 is 2.11 bits per heavy atom. The van der Waals surface area contributed by atoms with E-state index in [1.807, 2.05) is 13.0 Å². The Morgan fingerprint density at radius 3 is 2.83 bits per heavy atom. The van der Waals surface area contributed by atoms with Crippen molar-refractivity contribution in [3.05, 3.63) is 29.7 Å². The molecule has 0 aliphatic carbocycles. The van der Waals surface area contributed by atoms with Gasteiger partial charge in [-0.25, -0.2) is 0 Å². The lowest BCUT2D eigenvalue weighted by atomic mass is 10.1. The van der Waals surface area contributed by atoms with Gasteiger partial charge in [0, 0.05) is 17.2 Å². The molecule has 5 nitrogen and oxygen atoms in total. The van der Waals surface area contributed by atoms with Crippen LogP contribution in [0.3, 0.4) is 0 Å². The summed E-state index contributed by atoms with van der Waals surface area (Å²) >= 11 is 0. The highest BCUT2D eigenvalue weighted by Gasteiger charge is 2.12. The number of aromatic nitrogens is 2. The average Bonchev–Trinajstić information content (AvgIpc) is 2.78. The van der Waals surface area contributed by atoms with Crippen LogP contribution in [0.5, 0.6) is 5.75 Å². The highest BCUT2D eigenvalue weighted by atomic mass is 16.4. The van der Waals surface area contributed by atoms with Crippen molar-refractivity contribution in [2.75, 3.05) is 0 Å². The molecule has 1 aromatic heterocycles. The lowest BCUT2D eigenvalue weighted by Crippen LogP contribution is -2.21. The number of nitrogens with zero attached hydrogens (tertiary/aromatic N) is 2. The largest absolute Gasteiger partial charge is 0.508 e. The van der Waals surface area contributed by atoms with Gasteiger partial charge in [0.15, 0.2) is 0 Å². The van der Waals surface area contributed by atoms with E-state index >= 15 is 0 Å². The van der Waals surface area contributed by atoms with Crippen LogP contribution in [0.25, 0.3) is 11.5 Å². The molecule has 2 aromatic rings. The molecule has 0 saturated carbocycles. The van der Waals surface area contributed by atoms with Gasteiger partial charge in [0.25, 0.3) is 0 Å². The van der Waals surface area contributed by atoms with Crippen molar-refractivity contribution in [1.82, 2.24) is 15.5 Å². The number of hydrogen-bond donors (Lipinski definition) is 2. The molecule has 0 fully saturated rings.